The third kappa shape index (κ3) is 3.62. The van der Waals surface area contributed by atoms with Gasteiger partial charge in [-0.05, 0) is 69.2 Å². The molecule has 0 saturated heterocycles. The number of rotatable bonds is 3. The first-order valence-electron chi connectivity index (χ1n) is 11.2. The van der Waals surface area contributed by atoms with E-state index in [1.165, 1.54) is 11.1 Å². The number of aliphatic imine (C=N–C) groups is 1. The molecule has 0 bridgehead atoms. The molecule has 0 fully saturated rings. The van der Waals surface area contributed by atoms with Crippen LogP contribution in [0.1, 0.15) is 48.8 Å². The van der Waals surface area contributed by atoms with Gasteiger partial charge in [0.25, 0.3) is 0 Å². The molecule has 33 heavy (non-hydrogen) atoms. The van der Waals surface area contributed by atoms with E-state index in [1.807, 2.05) is 24.4 Å². The number of nitrogens with zero attached hydrogens (tertiary/aromatic N) is 2. The van der Waals surface area contributed by atoms with E-state index in [9.17, 15) is 9.59 Å². The Morgan fingerprint density at radius 3 is 2.15 bits per heavy atom. The molecule has 4 nitrogen and oxygen atoms in total. The molecule has 1 aromatic heterocycles. The summed E-state index contributed by atoms with van der Waals surface area (Å²) in [5.74, 6) is -0.948. The zero-order chi connectivity index (χ0) is 23.3. The number of allylic oxidation sites excluding steroid dienone is 3. The maximum Gasteiger partial charge on any atom is 0.171 e. The average Bonchev–Trinajstić information content (AvgIpc) is 3.08. The largest absolute Gasteiger partial charge is 0.318 e. The molecular weight excluding hydrogens is 408 g/mol. The lowest BCUT2D eigenvalue weighted by Crippen LogP contribution is -2.35. The number of fused-ring (bicyclic) bond motifs is 2. The first-order chi connectivity index (χ1) is 15.8. The van der Waals surface area contributed by atoms with Crippen LogP contribution in [0.4, 0.5) is 0 Å². The summed E-state index contributed by atoms with van der Waals surface area (Å²) in [7, 11) is 0. The summed E-state index contributed by atoms with van der Waals surface area (Å²) in [6.07, 6.45) is 7.35. The van der Waals surface area contributed by atoms with E-state index >= 15 is 0 Å². The normalized spacial score (nSPS) is 19.6. The molecule has 2 aromatic carbocycles. The Kier molecular flexibility index (Phi) is 5.09. The Balaban J connectivity index is 1.46. The lowest BCUT2D eigenvalue weighted by Gasteiger charge is -2.28. The highest BCUT2D eigenvalue weighted by Gasteiger charge is 2.40. The minimum Gasteiger partial charge on any atom is -0.318 e. The number of ketones is 2. The van der Waals surface area contributed by atoms with Crippen LogP contribution in [-0.4, -0.2) is 22.3 Å². The number of aryl methyl sites for hydroxylation is 3. The first kappa shape index (κ1) is 21.1. The Labute approximate surface area is 194 Å². The molecule has 0 radical (unpaired) electrons. The van der Waals surface area contributed by atoms with Crippen LogP contribution in [0.2, 0.25) is 0 Å². The molecule has 0 N–H and O–H groups in total. The molecule has 2 aliphatic carbocycles. The molecule has 4 heteroatoms. The maximum atomic E-state index is 13.0. The summed E-state index contributed by atoms with van der Waals surface area (Å²) >= 11 is 0. The Bertz CT molecular complexity index is 1380. The van der Waals surface area contributed by atoms with Crippen molar-refractivity contribution in [3.05, 3.63) is 112 Å². The Morgan fingerprint density at radius 2 is 1.48 bits per heavy atom. The summed E-state index contributed by atoms with van der Waals surface area (Å²) in [5.41, 5.74) is 8.61. The maximum absolute atomic E-state index is 13.0. The minimum atomic E-state index is -0.493. The van der Waals surface area contributed by atoms with Crippen molar-refractivity contribution in [3.63, 3.8) is 0 Å². The summed E-state index contributed by atoms with van der Waals surface area (Å²) in [6, 6.07) is 15.7. The minimum absolute atomic E-state index is 0.00252. The summed E-state index contributed by atoms with van der Waals surface area (Å²) in [5, 5.41) is 0. The Morgan fingerprint density at radius 1 is 0.848 bits per heavy atom. The fourth-order valence-corrected chi connectivity index (χ4v) is 5.05. The lowest BCUT2D eigenvalue weighted by molar-refractivity contribution is 0.0801. The van der Waals surface area contributed by atoms with Gasteiger partial charge in [0.2, 0.25) is 0 Å². The summed E-state index contributed by atoms with van der Waals surface area (Å²) < 4.78 is 2.24. The van der Waals surface area contributed by atoms with Gasteiger partial charge in [-0.25, -0.2) is 0 Å². The highest BCUT2D eigenvalue weighted by Crippen LogP contribution is 2.35. The van der Waals surface area contributed by atoms with Crippen LogP contribution in [0.3, 0.4) is 0 Å². The SMILES string of the molecule is Cc1cc(C)cc(-n2c(C)cc(C=NC3=C[C@H]4C(=O)c5ccccc5C(=O)[C@H]4C=C3)c2C)c1. The van der Waals surface area contributed by atoms with Crippen LogP contribution >= 0.6 is 0 Å². The predicted molar refractivity (Wildman–Crippen MR) is 132 cm³/mol. The number of carbonyl (C=O) groups is 2. The monoisotopic (exact) mass is 434 g/mol. The predicted octanol–water partition coefficient (Wildman–Crippen LogP) is 5.90. The van der Waals surface area contributed by atoms with Gasteiger partial charge >= 0.3 is 0 Å². The molecule has 1 heterocycles. The van der Waals surface area contributed by atoms with Crippen LogP contribution in [0.5, 0.6) is 0 Å². The molecule has 164 valence electrons. The third-order valence-corrected chi connectivity index (χ3v) is 6.56. The molecule has 2 aliphatic rings. The van der Waals surface area contributed by atoms with Gasteiger partial charge < -0.3 is 4.57 Å². The van der Waals surface area contributed by atoms with Gasteiger partial charge in [0.1, 0.15) is 0 Å². The third-order valence-electron chi connectivity index (χ3n) is 6.56. The second-order valence-electron chi connectivity index (χ2n) is 9.04. The Hall–Kier alpha value is -3.79. The van der Waals surface area contributed by atoms with Crippen LogP contribution in [0.15, 0.2) is 77.4 Å². The van der Waals surface area contributed by atoms with Gasteiger partial charge in [-0.2, -0.15) is 0 Å². The van der Waals surface area contributed by atoms with Crippen molar-refractivity contribution in [2.24, 2.45) is 16.8 Å². The van der Waals surface area contributed by atoms with Crippen molar-refractivity contribution >= 4 is 17.8 Å². The molecule has 0 unspecified atom stereocenters. The second kappa shape index (κ2) is 7.96. The average molecular weight is 435 g/mol. The molecule has 0 amide bonds. The van der Waals surface area contributed by atoms with Gasteiger partial charge in [0.05, 0.1) is 17.5 Å². The fraction of sp³-hybridized carbons (Fsp3) is 0.207. The number of hydrogen-bond donors (Lipinski definition) is 0. The molecule has 0 spiro atoms. The van der Waals surface area contributed by atoms with Crippen molar-refractivity contribution < 1.29 is 9.59 Å². The van der Waals surface area contributed by atoms with Crippen LogP contribution in [0, 0.1) is 39.5 Å². The van der Waals surface area contributed by atoms with Crippen molar-refractivity contribution in [3.8, 4) is 5.69 Å². The number of hydrogen-bond acceptors (Lipinski definition) is 3. The van der Waals surface area contributed by atoms with E-state index in [0.29, 0.717) is 16.8 Å². The van der Waals surface area contributed by atoms with E-state index in [1.54, 1.807) is 24.3 Å². The highest BCUT2D eigenvalue weighted by molar-refractivity contribution is 6.17. The van der Waals surface area contributed by atoms with E-state index in [4.69, 9.17) is 0 Å². The van der Waals surface area contributed by atoms with Crippen molar-refractivity contribution in [1.29, 1.82) is 0 Å². The van der Waals surface area contributed by atoms with E-state index < -0.39 is 11.8 Å². The second-order valence-corrected chi connectivity index (χ2v) is 9.04. The van der Waals surface area contributed by atoms with Gasteiger partial charge in [-0.3, -0.25) is 14.6 Å². The number of benzene rings is 2. The molecule has 3 aromatic rings. The lowest BCUT2D eigenvalue weighted by atomic mass is 9.72. The molecule has 0 aliphatic heterocycles. The number of Topliss-reactive ketones (excluding diaryl/α,β-unsaturated/α-hetero) is 2. The van der Waals surface area contributed by atoms with Crippen LogP contribution in [-0.2, 0) is 0 Å². The fourth-order valence-electron chi connectivity index (χ4n) is 5.05. The van der Waals surface area contributed by atoms with Crippen molar-refractivity contribution in [2.45, 2.75) is 27.7 Å². The van der Waals surface area contributed by atoms with Crippen LogP contribution < -0.4 is 0 Å². The van der Waals surface area contributed by atoms with Gasteiger partial charge in [-0.1, -0.05) is 36.4 Å². The molecule has 2 atom stereocenters. The number of carbonyl (C=O) groups excluding carboxylic acids is 2. The topological polar surface area (TPSA) is 51.4 Å². The van der Waals surface area contributed by atoms with E-state index in [-0.39, 0.29) is 11.6 Å². The summed E-state index contributed by atoms with van der Waals surface area (Å²) in [4.78, 5) is 30.6. The molecule has 5 rings (SSSR count). The zero-order valence-corrected chi connectivity index (χ0v) is 19.3. The van der Waals surface area contributed by atoms with Gasteiger partial charge in [0, 0.05) is 40.0 Å². The van der Waals surface area contributed by atoms with Gasteiger partial charge in [0.15, 0.2) is 11.6 Å². The number of aromatic nitrogens is 1. The van der Waals surface area contributed by atoms with Crippen LogP contribution in [0.25, 0.3) is 5.69 Å². The van der Waals surface area contributed by atoms with E-state index in [0.717, 1.165) is 22.6 Å². The van der Waals surface area contributed by atoms with Crippen molar-refractivity contribution in [1.82, 2.24) is 4.57 Å². The van der Waals surface area contributed by atoms with Crippen molar-refractivity contribution in [2.75, 3.05) is 0 Å². The highest BCUT2D eigenvalue weighted by atomic mass is 16.1. The summed E-state index contributed by atoms with van der Waals surface area (Å²) in [6.45, 7) is 8.40. The molecular formula is C29H26N2O2. The standard InChI is InChI=1S/C29H26N2O2/c1-17-11-18(2)13-23(12-17)31-19(3)14-21(20(31)4)16-30-22-9-10-26-27(15-22)29(33)25-8-6-5-7-24(25)28(26)32/h5-16,26-27H,1-4H3/t26-,27+/m0/s1. The smallest absolute Gasteiger partial charge is 0.171 e. The quantitative estimate of drug-likeness (QED) is 0.482. The first-order valence-corrected chi connectivity index (χ1v) is 11.2. The zero-order valence-electron chi connectivity index (χ0n) is 19.3. The molecule has 0 saturated carbocycles. The van der Waals surface area contributed by atoms with E-state index in [2.05, 4.69) is 61.5 Å². The van der Waals surface area contributed by atoms with Gasteiger partial charge in [-0.15, -0.1) is 0 Å².